The molecular weight excluding hydrogens is 238 g/mol. The van der Waals surface area contributed by atoms with Crippen LogP contribution in [0.2, 0.25) is 0 Å². The van der Waals surface area contributed by atoms with Crippen LogP contribution >= 0.6 is 11.6 Å². The molecule has 1 saturated carbocycles. The van der Waals surface area contributed by atoms with Gasteiger partial charge in [0.05, 0.1) is 16.7 Å². The average molecular weight is 252 g/mol. The number of nitrogens with zero attached hydrogens (tertiary/aromatic N) is 1. The standard InChI is InChI=1S/C13H14ClNO2/c14-11-8-4-5-9-12(11)15-17-13(16)10-6-2-1-3-7-10/h1-3,6-7,11H,4-5,8-9H2. The highest BCUT2D eigenvalue weighted by Crippen LogP contribution is 2.20. The first-order chi connectivity index (χ1) is 8.27. The van der Waals surface area contributed by atoms with Gasteiger partial charge in [0.15, 0.2) is 0 Å². The van der Waals surface area contributed by atoms with E-state index in [1.165, 1.54) is 0 Å². The highest BCUT2D eigenvalue weighted by molar-refractivity contribution is 6.32. The lowest BCUT2D eigenvalue weighted by Gasteiger charge is -2.17. The quantitative estimate of drug-likeness (QED) is 0.459. The Kier molecular flexibility index (Phi) is 4.15. The average Bonchev–Trinajstić information content (AvgIpc) is 2.38. The molecule has 0 N–H and O–H groups in total. The largest absolute Gasteiger partial charge is 0.365 e. The zero-order chi connectivity index (χ0) is 12.1. The van der Waals surface area contributed by atoms with Gasteiger partial charge in [0.1, 0.15) is 0 Å². The lowest BCUT2D eigenvalue weighted by molar-refractivity contribution is 0.0514. The lowest BCUT2D eigenvalue weighted by atomic mass is 9.98. The Morgan fingerprint density at radius 3 is 2.76 bits per heavy atom. The molecule has 2 rings (SSSR count). The Labute approximate surface area is 105 Å². The van der Waals surface area contributed by atoms with E-state index >= 15 is 0 Å². The summed E-state index contributed by atoms with van der Waals surface area (Å²) >= 11 is 6.09. The molecule has 0 heterocycles. The summed E-state index contributed by atoms with van der Waals surface area (Å²) in [4.78, 5) is 16.5. The van der Waals surface area contributed by atoms with Gasteiger partial charge in [-0.15, -0.1) is 11.6 Å². The fraction of sp³-hybridized carbons (Fsp3) is 0.385. The summed E-state index contributed by atoms with van der Waals surface area (Å²) in [7, 11) is 0. The minimum Gasteiger partial charge on any atom is -0.313 e. The lowest BCUT2D eigenvalue weighted by Crippen LogP contribution is -2.20. The van der Waals surface area contributed by atoms with Crippen LogP contribution in [0.3, 0.4) is 0 Å². The first kappa shape index (κ1) is 12.1. The topological polar surface area (TPSA) is 38.7 Å². The second-order valence-corrected chi connectivity index (χ2v) is 4.57. The second kappa shape index (κ2) is 5.82. The fourth-order valence-electron chi connectivity index (χ4n) is 1.78. The molecule has 90 valence electrons. The van der Waals surface area contributed by atoms with Crippen molar-refractivity contribution in [1.82, 2.24) is 0 Å². The van der Waals surface area contributed by atoms with Crippen molar-refractivity contribution in [2.45, 2.75) is 31.1 Å². The summed E-state index contributed by atoms with van der Waals surface area (Å²) in [5.74, 6) is -0.437. The van der Waals surface area contributed by atoms with Crippen molar-refractivity contribution in [3.63, 3.8) is 0 Å². The molecule has 0 saturated heterocycles. The minimum absolute atomic E-state index is 0.0904. The maximum atomic E-state index is 11.6. The van der Waals surface area contributed by atoms with Gasteiger partial charge in [-0.1, -0.05) is 29.8 Å². The van der Waals surface area contributed by atoms with Gasteiger partial charge in [0.2, 0.25) is 0 Å². The van der Waals surface area contributed by atoms with E-state index in [2.05, 4.69) is 5.16 Å². The Bertz CT molecular complexity index is 417. The predicted octanol–water partition coefficient (Wildman–Crippen LogP) is 3.38. The van der Waals surface area contributed by atoms with Gasteiger partial charge < -0.3 is 4.84 Å². The van der Waals surface area contributed by atoms with Crippen molar-refractivity contribution in [3.8, 4) is 0 Å². The predicted molar refractivity (Wildman–Crippen MR) is 67.4 cm³/mol. The summed E-state index contributed by atoms with van der Waals surface area (Å²) in [5.41, 5.74) is 1.28. The molecule has 0 amide bonds. The molecule has 0 aromatic heterocycles. The molecule has 1 aliphatic rings. The summed E-state index contributed by atoms with van der Waals surface area (Å²) in [5, 5.41) is 3.79. The molecule has 0 spiro atoms. The van der Waals surface area contributed by atoms with E-state index in [1.807, 2.05) is 6.07 Å². The number of rotatable bonds is 2. The number of carbonyl (C=O) groups is 1. The van der Waals surface area contributed by atoms with Crippen LogP contribution in [0.25, 0.3) is 0 Å². The van der Waals surface area contributed by atoms with Crippen molar-refractivity contribution < 1.29 is 9.63 Å². The molecule has 1 fully saturated rings. The van der Waals surface area contributed by atoms with Crippen LogP contribution < -0.4 is 0 Å². The van der Waals surface area contributed by atoms with E-state index in [4.69, 9.17) is 16.4 Å². The fourth-order valence-corrected chi connectivity index (χ4v) is 2.09. The number of hydrogen-bond acceptors (Lipinski definition) is 3. The molecule has 3 nitrogen and oxygen atoms in total. The molecule has 4 heteroatoms. The Balaban J connectivity index is 1.97. The zero-order valence-corrected chi connectivity index (χ0v) is 10.2. The van der Waals surface area contributed by atoms with E-state index in [1.54, 1.807) is 24.3 Å². The zero-order valence-electron chi connectivity index (χ0n) is 9.43. The minimum atomic E-state index is -0.437. The van der Waals surface area contributed by atoms with Crippen molar-refractivity contribution in [2.24, 2.45) is 5.16 Å². The van der Waals surface area contributed by atoms with Crippen LogP contribution in [0.1, 0.15) is 36.0 Å². The van der Waals surface area contributed by atoms with Crippen LogP contribution in [-0.4, -0.2) is 17.1 Å². The third-order valence-corrected chi connectivity index (χ3v) is 3.23. The van der Waals surface area contributed by atoms with Crippen LogP contribution in [0.4, 0.5) is 0 Å². The smallest absolute Gasteiger partial charge is 0.313 e. The van der Waals surface area contributed by atoms with Crippen LogP contribution in [0, 0.1) is 0 Å². The molecule has 1 aromatic carbocycles. The van der Waals surface area contributed by atoms with Gasteiger partial charge >= 0.3 is 5.97 Å². The Morgan fingerprint density at radius 1 is 1.29 bits per heavy atom. The van der Waals surface area contributed by atoms with Gasteiger partial charge in [-0.3, -0.25) is 0 Å². The number of oxime groups is 1. The van der Waals surface area contributed by atoms with E-state index < -0.39 is 5.97 Å². The van der Waals surface area contributed by atoms with Crippen LogP contribution in [-0.2, 0) is 4.84 Å². The molecule has 0 bridgehead atoms. The number of carbonyl (C=O) groups excluding carboxylic acids is 1. The normalized spacial score (nSPS) is 22.4. The van der Waals surface area contributed by atoms with Gasteiger partial charge in [-0.25, -0.2) is 4.79 Å². The molecule has 17 heavy (non-hydrogen) atoms. The van der Waals surface area contributed by atoms with Gasteiger partial charge in [-0.2, -0.15) is 0 Å². The van der Waals surface area contributed by atoms with Gasteiger partial charge in [0, 0.05) is 0 Å². The summed E-state index contributed by atoms with van der Waals surface area (Å²) < 4.78 is 0. The second-order valence-electron chi connectivity index (χ2n) is 4.04. The number of alkyl halides is 1. The molecular formula is C13H14ClNO2. The number of benzene rings is 1. The molecule has 1 aliphatic carbocycles. The van der Waals surface area contributed by atoms with Crippen LogP contribution in [0.15, 0.2) is 35.5 Å². The Hall–Kier alpha value is -1.35. The number of hydrogen-bond donors (Lipinski definition) is 0. The molecule has 1 unspecified atom stereocenters. The summed E-state index contributed by atoms with van der Waals surface area (Å²) in [6, 6.07) is 8.81. The van der Waals surface area contributed by atoms with E-state index in [0.717, 1.165) is 31.4 Å². The third-order valence-electron chi connectivity index (χ3n) is 2.76. The first-order valence-corrected chi connectivity index (χ1v) is 6.18. The van der Waals surface area contributed by atoms with E-state index in [9.17, 15) is 4.79 Å². The summed E-state index contributed by atoms with van der Waals surface area (Å²) in [6.07, 6.45) is 3.89. The maximum Gasteiger partial charge on any atom is 0.365 e. The molecule has 1 atom stereocenters. The van der Waals surface area contributed by atoms with Crippen molar-refractivity contribution in [1.29, 1.82) is 0 Å². The SMILES string of the molecule is O=C(ON=C1CCCCC1Cl)c1ccccc1. The van der Waals surface area contributed by atoms with Crippen molar-refractivity contribution in [3.05, 3.63) is 35.9 Å². The van der Waals surface area contributed by atoms with E-state index in [0.29, 0.717) is 5.56 Å². The molecule has 0 aliphatic heterocycles. The van der Waals surface area contributed by atoms with Gasteiger partial charge in [0.25, 0.3) is 0 Å². The van der Waals surface area contributed by atoms with Crippen molar-refractivity contribution in [2.75, 3.05) is 0 Å². The van der Waals surface area contributed by atoms with Crippen molar-refractivity contribution >= 4 is 23.3 Å². The monoisotopic (exact) mass is 251 g/mol. The summed E-state index contributed by atoms with van der Waals surface area (Å²) in [6.45, 7) is 0. The Morgan fingerprint density at radius 2 is 2.06 bits per heavy atom. The van der Waals surface area contributed by atoms with Gasteiger partial charge in [-0.05, 0) is 31.4 Å². The third kappa shape index (κ3) is 3.30. The van der Waals surface area contributed by atoms with Crippen LogP contribution in [0.5, 0.6) is 0 Å². The maximum absolute atomic E-state index is 11.6. The highest BCUT2D eigenvalue weighted by Gasteiger charge is 2.19. The first-order valence-electron chi connectivity index (χ1n) is 5.74. The number of halogens is 1. The molecule has 1 aromatic rings. The van der Waals surface area contributed by atoms with E-state index in [-0.39, 0.29) is 5.38 Å². The molecule has 0 radical (unpaired) electrons. The highest BCUT2D eigenvalue weighted by atomic mass is 35.5.